The molecule has 0 atom stereocenters. The van der Waals surface area contributed by atoms with Gasteiger partial charge in [0.25, 0.3) is 0 Å². The number of carbonyl (C=O) groups excluding carboxylic acids is 1. The lowest BCUT2D eigenvalue weighted by molar-refractivity contribution is -0.107. The summed E-state index contributed by atoms with van der Waals surface area (Å²) in [5, 5.41) is 4.82. The Morgan fingerprint density at radius 3 is 2.40 bits per heavy atom. The number of nitrogens with zero attached hydrogens (tertiary/aromatic N) is 2. The van der Waals surface area contributed by atoms with Crippen LogP contribution in [0.15, 0.2) is 51.8 Å². The van der Waals surface area contributed by atoms with Gasteiger partial charge in [0.05, 0.1) is 15.6 Å². The number of thiocarbonyl (C=S) groups is 1. The second-order valence-corrected chi connectivity index (χ2v) is 10.2. The van der Waals surface area contributed by atoms with E-state index in [0.29, 0.717) is 40.4 Å². The van der Waals surface area contributed by atoms with E-state index in [9.17, 15) is 13.2 Å². The standard InChI is InChI=1S/C19H20BrClN4O3S2/c20-17-12-15(6-9-18(17)21)25(13-26)23-19(29)22-14-4-7-16(8-5-14)30(27,28)24-10-2-1-3-11-24/h4-9,12-13H,1-3,10-11H2,(H2,22,23,29). The fourth-order valence-corrected chi connectivity index (χ4v) is 5.24. The first-order chi connectivity index (χ1) is 14.3. The van der Waals surface area contributed by atoms with Crippen LogP contribution >= 0.6 is 39.7 Å². The third-order valence-corrected chi connectivity index (χ3v) is 7.89. The molecular weight excluding hydrogens is 512 g/mol. The Balaban J connectivity index is 1.65. The third-order valence-electron chi connectivity index (χ3n) is 4.57. The molecule has 0 bridgehead atoms. The lowest BCUT2D eigenvalue weighted by Crippen LogP contribution is -2.43. The van der Waals surface area contributed by atoms with Crippen molar-refractivity contribution in [1.82, 2.24) is 9.73 Å². The highest BCUT2D eigenvalue weighted by molar-refractivity contribution is 9.10. The molecule has 0 radical (unpaired) electrons. The van der Waals surface area contributed by atoms with E-state index in [1.165, 1.54) is 9.31 Å². The molecule has 2 aromatic carbocycles. The molecule has 0 aliphatic carbocycles. The minimum atomic E-state index is -3.49. The summed E-state index contributed by atoms with van der Waals surface area (Å²) in [4.78, 5) is 11.7. The van der Waals surface area contributed by atoms with Gasteiger partial charge in [-0.25, -0.2) is 13.4 Å². The molecule has 7 nitrogen and oxygen atoms in total. The minimum Gasteiger partial charge on any atom is -0.331 e. The zero-order chi connectivity index (χ0) is 21.7. The molecule has 2 aromatic rings. The average molecular weight is 532 g/mol. The maximum atomic E-state index is 12.7. The summed E-state index contributed by atoms with van der Waals surface area (Å²) in [6.45, 7) is 1.11. The molecule has 0 spiro atoms. The van der Waals surface area contributed by atoms with Crippen LogP contribution in [0.4, 0.5) is 11.4 Å². The van der Waals surface area contributed by atoms with Crippen molar-refractivity contribution in [3.8, 4) is 0 Å². The normalized spacial score (nSPS) is 14.7. The van der Waals surface area contributed by atoms with Gasteiger partial charge in [-0.1, -0.05) is 18.0 Å². The number of hydrogen-bond donors (Lipinski definition) is 2. The highest BCUT2D eigenvalue weighted by Gasteiger charge is 2.25. The average Bonchev–Trinajstić information content (AvgIpc) is 2.75. The molecule has 0 unspecified atom stereocenters. The first-order valence-corrected chi connectivity index (χ1v) is 12.2. The summed E-state index contributed by atoms with van der Waals surface area (Å²) < 4.78 is 27.6. The van der Waals surface area contributed by atoms with Crippen LogP contribution in [-0.2, 0) is 14.8 Å². The summed E-state index contributed by atoms with van der Waals surface area (Å²) in [7, 11) is -3.49. The van der Waals surface area contributed by atoms with Crippen LogP contribution in [0, 0.1) is 0 Å². The molecule has 1 saturated heterocycles. The SMILES string of the molecule is O=CN(NC(=S)Nc1ccc(S(=O)(=O)N2CCCCC2)cc1)c1ccc(Cl)c(Br)c1. The van der Waals surface area contributed by atoms with Crippen molar-refractivity contribution in [1.29, 1.82) is 0 Å². The molecule has 11 heteroatoms. The molecule has 160 valence electrons. The van der Waals surface area contributed by atoms with Crippen molar-refractivity contribution in [2.24, 2.45) is 0 Å². The maximum absolute atomic E-state index is 12.7. The zero-order valence-electron chi connectivity index (χ0n) is 15.8. The second-order valence-electron chi connectivity index (χ2n) is 6.63. The Labute approximate surface area is 194 Å². The van der Waals surface area contributed by atoms with Gasteiger partial charge in [0.15, 0.2) is 5.11 Å². The van der Waals surface area contributed by atoms with E-state index in [4.69, 9.17) is 23.8 Å². The van der Waals surface area contributed by atoms with Crippen LogP contribution in [0.5, 0.6) is 0 Å². The highest BCUT2D eigenvalue weighted by atomic mass is 79.9. The van der Waals surface area contributed by atoms with Gasteiger partial charge in [0, 0.05) is 23.2 Å². The molecule has 1 aliphatic heterocycles. The van der Waals surface area contributed by atoms with Crippen molar-refractivity contribution in [3.05, 3.63) is 52.0 Å². The number of piperidine rings is 1. The third kappa shape index (κ3) is 5.50. The van der Waals surface area contributed by atoms with Crippen LogP contribution < -0.4 is 15.8 Å². The first-order valence-electron chi connectivity index (χ1n) is 9.19. The molecule has 0 saturated carbocycles. The molecule has 0 aromatic heterocycles. The van der Waals surface area contributed by atoms with E-state index in [1.807, 2.05) is 0 Å². The van der Waals surface area contributed by atoms with Gasteiger partial charge in [-0.2, -0.15) is 4.31 Å². The summed E-state index contributed by atoms with van der Waals surface area (Å²) in [5.74, 6) is 0. The number of benzene rings is 2. The Morgan fingerprint density at radius 1 is 1.13 bits per heavy atom. The smallest absolute Gasteiger partial charge is 0.243 e. The molecule has 1 aliphatic rings. The van der Waals surface area contributed by atoms with E-state index < -0.39 is 10.0 Å². The number of halogens is 2. The fraction of sp³-hybridized carbons (Fsp3) is 0.263. The summed E-state index contributed by atoms with van der Waals surface area (Å²) in [6, 6.07) is 11.3. The highest BCUT2D eigenvalue weighted by Crippen LogP contribution is 2.27. The van der Waals surface area contributed by atoms with Gasteiger partial charge in [0.1, 0.15) is 0 Å². The van der Waals surface area contributed by atoms with Crippen molar-refractivity contribution in [2.45, 2.75) is 24.2 Å². The van der Waals surface area contributed by atoms with Gasteiger partial charge in [-0.3, -0.25) is 10.2 Å². The largest absolute Gasteiger partial charge is 0.331 e. The van der Waals surface area contributed by atoms with Crippen LogP contribution in [0.3, 0.4) is 0 Å². The monoisotopic (exact) mass is 530 g/mol. The predicted octanol–water partition coefficient (Wildman–Crippen LogP) is 4.14. The van der Waals surface area contributed by atoms with Crippen LogP contribution in [0.1, 0.15) is 19.3 Å². The first kappa shape index (κ1) is 23.0. The van der Waals surface area contributed by atoms with Gasteiger partial charge >= 0.3 is 0 Å². The molecule has 3 rings (SSSR count). The predicted molar refractivity (Wildman–Crippen MR) is 126 cm³/mol. The Kier molecular flexibility index (Phi) is 7.70. The van der Waals surface area contributed by atoms with Gasteiger partial charge in [-0.05, 0) is 83.5 Å². The Hall–Kier alpha value is -1.72. The summed E-state index contributed by atoms with van der Waals surface area (Å²) in [6.07, 6.45) is 3.41. The van der Waals surface area contributed by atoms with E-state index >= 15 is 0 Å². The number of rotatable bonds is 6. The fourth-order valence-electron chi connectivity index (χ4n) is 3.02. The number of hydrogen-bond acceptors (Lipinski definition) is 4. The van der Waals surface area contributed by atoms with Crippen molar-refractivity contribution in [2.75, 3.05) is 23.4 Å². The van der Waals surface area contributed by atoms with E-state index in [0.717, 1.165) is 19.3 Å². The van der Waals surface area contributed by atoms with Crippen molar-refractivity contribution in [3.63, 3.8) is 0 Å². The maximum Gasteiger partial charge on any atom is 0.243 e. The lowest BCUT2D eigenvalue weighted by atomic mass is 10.2. The second kappa shape index (κ2) is 10.1. The van der Waals surface area contributed by atoms with E-state index in [-0.39, 0.29) is 10.0 Å². The number of hydrazine groups is 1. The van der Waals surface area contributed by atoms with Crippen LogP contribution in [-0.4, -0.2) is 37.3 Å². The lowest BCUT2D eigenvalue weighted by Gasteiger charge is -2.26. The zero-order valence-corrected chi connectivity index (χ0v) is 19.8. The molecule has 2 N–H and O–H groups in total. The summed E-state index contributed by atoms with van der Waals surface area (Å²) in [5.41, 5.74) is 3.90. The minimum absolute atomic E-state index is 0.166. The molecule has 1 heterocycles. The summed E-state index contributed by atoms with van der Waals surface area (Å²) >= 11 is 14.5. The quantitative estimate of drug-likeness (QED) is 0.331. The van der Waals surface area contributed by atoms with Gasteiger partial charge < -0.3 is 5.32 Å². The van der Waals surface area contributed by atoms with E-state index in [1.54, 1.807) is 42.5 Å². The van der Waals surface area contributed by atoms with Gasteiger partial charge in [-0.15, -0.1) is 0 Å². The Bertz CT molecular complexity index is 1030. The van der Waals surface area contributed by atoms with E-state index in [2.05, 4.69) is 26.7 Å². The van der Waals surface area contributed by atoms with Crippen LogP contribution in [0.25, 0.3) is 0 Å². The topological polar surface area (TPSA) is 81.8 Å². The molecule has 1 fully saturated rings. The van der Waals surface area contributed by atoms with Crippen molar-refractivity contribution >= 4 is 72.7 Å². The number of sulfonamides is 1. The number of carbonyl (C=O) groups is 1. The molecule has 30 heavy (non-hydrogen) atoms. The number of anilines is 2. The van der Waals surface area contributed by atoms with Crippen LogP contribution in [0.2, 0.25) is 5.02 Å². The molecular formula is C19H20BrClN4O3S2. The number of nitrogens with one attached hydrogen (secondary N) is 2. The van der Waals surface area contributed by atoms with Crippen molar-refractivity contribution < 1.29 is 13.2 Å². The Morgan fingerprint density at radius 2 is 1.80 bits per heavy atom. The molecule has 1 amide bonds. The van der Waals surface area contributed by atoms with Gasteiger partial charge in [0.2, 0.25) is 16.4 Å². The number of amides is 1.